The van der Waals surface area contributed by atoms with E-state index in [1.54, 1.807) is 7.11 Å². The van der Waals surface area contributed by atoms with Crippen LogP contribution in [0.2, 0.25) is 0 Å². The first-order valence-corrected chi connectivity index (χ1v) is 7.74. The van der Waals surface area contributed by atoms with Gasteiger partial charge in [-0.3, -0.25) is 0 Å². The molecule has 0 spiro atoms. The van der Waals surface area contributed by atoms with Crippen molar-refractivity contribution in [2.75, 3.05) is 39.9 Å². The number of hydrogen-bond donors (Lipinski definition) is 1. The van der Waals surface area contributed by atoms with Gasteiger partial charge in [-0.05, 0) is 44.8 Å². The Morgan fingerprint density at radius 1 is 1.22 bits per heavy atom. The van der Waals surface area contributed by atoms with E-state index in [0.29, 0.717) is 6.04 Å². The average Bonchev–Trinajstić information content (AvgIpc) is 2.39. The van der Waals surface area contributed by atoms with Gasteiger partial charge in [0.25, 0.3) is 0 Å². The van der Waals surface area contributed by atoms with Crippen LogP contribution in [0.1, 0.15) is 46.0 Å². The fraction of sp³-hybridized carbons (Fsp3) is 1.00. The van der Waals surface area contributed by atoms with E-state index < -0.39 is 0 Å². The largest absolute Gasteiger partial charge is 0.383 e. The molecule has 1 fully saturated rings. The summed E-state index contributed by atoms with van der Waals surface area (Å²) in [5.41, 5.74) is 0. The summed E-state index contributed by atoms with van der Waals surface area (Å²) in [5.74, 6) is 0.982. The highest BCUT2D eigenvalue weighted by molar-refractivity contribution is 4.77. The maximum Gasteiger partial charge on any atom is 0.0628 e. The Morgan fingerprint density at radius 3 is 2.50 bits per heavy atom. The van der Waals surface area contributed by atoms with Gasteiger partial charge in [0.05, 0.1) is 6.61 Å². The smallest absolute Gasteiger partial charge is 0.0628 e. The van der Waals surface area contributed by atoms with Crippen LogP contribution in [0, 0.1) is 5.92 Å². The van der Waals surface area contributed by atoms with E-state index >= 15 is 0 Å². The lowest BCUT2D eigenvalue weighted by Crippen LogP contribution is -2.46. The lowest BCUT2D eigenvalue weighted by Gasteiger charge is -2.34. The molecule has 0 bridgehead atoms. The molecule has 1 N–H and O–H groups in total. The van der Waals surface area contributed by atoms with Gasteiger partial charge in [0.15, 0.2) is 0 Å². The van der Waals surface area contributed by atoms with Crippen molar-refractivity contribution >= 4 is 0 Å². The summed E-state index contributed by atoms with van der Waals surface area (Å²) >= 11 is 0. The molecule has 108 valence electrons. The first-order valence-electron chi connectivity index (χ1n) is 7.74. The van der Waals surface area contributed by atoms with Gasteiger partial charge in [-0.2, -0.15) is 0 Å². The second kappa shape index (κ2) is 9.76. The highest BCUT2D eigenvalue weighted by atomic mass is 16.5. The van der Waals surface area contributed by atoms with E-state index in [2.05, 4.69) is 24.1 Å². The van der Waals surface area contributed by atoms with Crippen LogP contribution >= 0.6 is 0 Å². The van der Waals surface area contributed by atoms with Gasteiger partial charge in [0.1, 0.15) is 0 Å². The van der Waals surface area contributed by atoms with Gasteiger partial charge < -0.3 is 15.0 Å². The van der Waals surface area contributed by atoms with E-state index in [9.17, 15) is 0 Å². The van der Waals surface area contributed by atoms with Crippen molar-refractivity contribution in [3.63, 3.8) is 0 Å². The zero-order valence-electron chi connectivity index (χ0n) is 12.6. The second-order valence-corrected chi connectivity index (χ2v) is 5.64. The molecule has 3 nitrogen and oxygen atoms in total. The monoisotopic (exact) mass is 256 g/mol. The minimum Gasteiger partial charge on any atom is -0.383 e. The van der Waals surface area contributed by atoms with Crippen LogP contribution in [0.4, 0.5) is 0 Å². The molecule has 1 rings (SSSR count). The van der Waals surface area contributed by atoms with Gasteiger partial charge in [0, 0.05) is 19.7 Å². The Hall–Kier alpha value is -0.120. The van der Waals surface area contributed by atoms with Crippen molar-refractivity contribution in [1.82, 2.24) is 10.2 Å². The van der Waals surface area contributed by atoms with Crippen molar-refractivity contribution in [3.05, 3.63) is 0 Å². The molecule has 1 aliphatic rings. The predicted octanol–water partition coefficient (Wildman–Crippen LogP) is 2.51. The van der Waals surface area contributed by atoms with Gasteiger partial charge in [-0.1, -0.05) is 26.7 Å². The Balaban J connectivity index is 2.23. The van der Waals surface area contributed by atoms with Crippen LogP contribution in [0.15, 0.2) is 0 Å². The van der Waals surface area contributed by atoms with E-state index in [-0.39, 0.29) is 0 Å². The number of rotatable bonds is 9. The maximum atomic E-state index is 5.31. The van der Waals surface area contributed by atoms with Crippen LogP contribution in [-0.4, -0.2) is 50.8 Å². The van der Waals surface area contributed by atoms with E-state index in [4.69, 9.17) is 4.74 Å². The molecule has 0 radical (unpaired) electrons. The lowest BCUT2D eigenvalue weighted by atomic mass is 9.92. The van der Waals surface area contributed by atoms with Crippen molar-refractivity contribution in [1.29, 1.82) is 0 Å². The van der Waals surface area contributed by atoms with Crippen LogP contribution < -0.4 is 5.32 Å². The number of nitrogens with zero attached hydrogens (tertiary/aromatic N) is 1. The van der Waals surface area contributed by atoms with E-state index in [1.807, 2.05) is 0 Å². The molecule has 1 heterocycles. The number of likely N-dealkylation sites (tertiary alicyclic amines) is 1. The molecule has 1 atom stereocenters. The van der Waals surface area contributed by atoms with E-state index in [0.717, 1.165) is 25.6 Å². The standard InChI is InChI=1S/C15H32N2O/c1-4-6-14-7-10-17(11-8-14)12-15(13-18-3)16-9-5-2/h14-16H,4-13H2,1-3H3. The summed E-state index contributed by atoms with van der Waals surface area (Å²) in [5, 5.41) is 3.59. The first kappa shape index (κ1) is 15.9. The van der Waals surface area contributed by atoms with Gasteiger partial charge in [0.2, 0.25) is 0 Å². The van der Waals surface area contributed by atoms with E-state index in [1.165, 1.54) is 45.2 Å². The summed E-state index contributed by atoms with van der Waals surface area (Å²) < 4.78 is 5.31. The first-order chi connectivity index (χ1) is 8.80. The summed E-state index contributed by atoms with van der Waals surface area (Å²) in [6.07, 6.45) is 6.74. The minimum atomic E-state index is 0.498. The highest BCUT2D eigenvalue weighted by Crippen LogP contribution is 2.21. The number of methoxy groups -OCH3 is 1. The molecule has 1 aliphatic heterocycles. The van der Waals surface area contributed by atoms with Gasteiger partial charge >= 0.3 is 0 Å². The number of nitrogens with one attached hydrogen (secondary N) is 1. The minimum absolute atomic E-state index is 0.498. The number of piperidine rings is 1. The SMILES string of the molecule is CCCNC(COC)CN1CCC(CCC)CC1. The quantitative estimate of drug-likeness (QED) is 0.686. The molecular formula is C15H32N2O. The third-order valence-electron chi connectivity index (χ3n) is 3.93. The Labute approximate surface area is 113 Å². The van der Waals surface area contributed by atoms with Crippen molar-refractivity contribution in [2.45, 2.75) is 52.0 Å². The Bertz CT molecular complexity index is 191. The molecular weight excluding hydrogens is 224 g/mol. The van der Waals surface area contributed by atoms with Crippen molar-refractivity contribution in [2.24, 2.45) is 5.92 Å². The van der Waals surface area contributed by atoms with Gasteiger partial charge in [-0.15, -0.1) is 0 Å². The van der Waals surface area contributed by atoms with Crippen molar-refractivity contribution in [3.8, 4) is 0 Å². The predicted molar refractivity (Wildman–Crippen MR) is 78.0 cm³/mol. The number of hydrogen-bond acceptors (Lipinski definition) is 3. The van der Waals surface area contributed by atoms with Crippen LogP contribution in [0.25, 0.3) is 0 Å². The molecule has 0 aromatic heterocycles. The fourth-order valence-electron chi connectivity index (χ4n) is 2.90. The third kappa shape index (κ3) is 6.17. The molecule has 1 saturated heterocycles. The average molecular weight is 256 g/mol. The molecule has 1 unspecified atom stereocenters. The normalized spacial score (nSPS) is 20.2. The molecule has 0 amide bonds. The van der Waals surface area contributed by atoms with Crippen LogP contribution in [0.5, 0.6) is 0 Å². The zero-order chi connectivity index (χ0) is 13.2. The van der Waals surface area contributed by atoms with Crippen LogP contribution in [-0.2, 0) is 4.74 Å². The molecule has 0 saturated carbocycles. The van der Waals surface area contributed by atoms with Crippen LogP contribution in [0.3, 0.4) is 0 Å². The zero-order valence-corrected chi connectivity index (χ0v) is 12.6. The lowest BCUT2D eigenvalue weighted by molar-refractivity contribution is 0.116. The maximum absolute atomic E-state index is 5.31. The molecule has 0 aliphatic carbocycles. The highest BCUT2D eigenvalue weighted by Gasteiger charge is 2.20. The molecule has 0 aromatic rings. The molecule has 0 aromatic carbocycles. The topological polar surface area (TPSA) is 24.5 Å². The second-order valence-electron chi connectivity index (χ2n) is 5.64. The fourth-order valence-corrected chi connectivity index (χ4v) is 2.90. The Morgan fingerprint density at radius 2 is 1.94 bits per heavy atom. The summed E-state index contributed by atoms with van der Waals surface area (Å²) in [6.45, 7) is 10.1. The Kier molecular flexibility index (Phi) is 8.64. The van der Waals surface area contributed by atoms with Crippen molar-refractivity contribution < 1.29 is 4.74 Å². The summed E-state index contributed by atoms with van der Waals surface area (Å²) in [7, 11) is 1.80. The summed E-state index contributed by atoms with van der Waals surface area (Å²) in [6, 6.07) is 0.498. The number of ether oxygens (including phenoxy) is 1. The molecule has 18 heavy (non-hydrogen) atoms. The van der Waals surface area contributed by atoms with Gasteiger partial charge in [-0.25, -0.2) is 0 Å². The summed E-state index contributed by atoms with van der Waals surface area (Å²) in [4.78, 5) is 2.61. The molecule has 3 heteroatoms. The third-order valence-corrected chi connectivity index (χ3v) is 3.93.